The molecule has 1 saturated heterocycles. The van der Waals surface area contributed by atoms with Crippen LogP contribution in [0.5, 0.6) is 0 Å². The predicted molar refractivity (Wildman–Crippen MR) is 49.4 cm³/mol. The van der Waals surface area contributed by atoms with Gasteiger partial charge in [-0.1, -0.05) is 0 Å². The lowest BCUT2D eigenvalue weighted by atomic mass is 9.98. The van der Waals surface area contributed by atoms with E-state index in [-0.39, 0.29) is 0 Å². The molecule has 3 rings (SSSR count). The molecule has 0 amide bonds. The Labute approximate surface area is 76.6 Å². The fourth-order valence-corrected chi connectivity index (χ4v) is 2.45. The Hall–Kier alpha value is -1.16. The standard InChI is InChI=1S/C9H12N4/c10-9-12-4-7-5-1-6(3-11-2-5)8(7)13-9/h4-6,11H,1-3H2,(H2,10,12,13)/t5?,6-/m0/s1. The van der Waals surface area contributed by atoms with Gasteiger partial charge in [0.25, 0.3) is 0 Å². The highest BCUT2D eigenvalue weighted by molar-refractivity contribution is 5.37. The van der Waals surface area contributed by atoms with Crippen LogP contribution in [-0.2, 0) is 0 Å². The van der Waals surface area contributed by atoms with Gasteiger partial charge in [0.2, 0.25) is 5.95 Å². The van der Waals surface area contributed by atoms with E-state index in [1.54, 1.807) is 0 Å². The topological polar surface area (TPSA) is 63.8 Å². The lowest BCUT2D eigenvalue weighted by molar-refractivity contribution is 0.451. The van der Waals surface area contributed by atoms with Gasteiger partial charge in [-0.2, -0.15) is 0 Å². The minimum absolute atomic E-state index is 0.409. The second-order valence-corrected chi connectivity index (χ2v) is 3.86. The molecule has 0 radical (unpaired) electrons. The molecular formula is C9H12N4. The highest BCUT2D eigenvalue weighted by Gasteiger charge is 2.35. The summed E-state index contributed by atoms with van der Waals surface area (Å²) >= 11 is 0. The number of hydrogen-bond acceptors (Lipinski definition) is 4. The number of piperidine rings is 1. The molecule has 3 N–H and O–H groups in total. The van der Waals surface area contributed by atoms with Gasteiger partial charge in [0.15, 0.2) is 0 Å². The molecule has 0 saturated carbocycles. The van der Waals surface area contributed by atoms with Crippen molar-refractivity contribution in [2.24, 2.45) is 0 Å². The van der Waals surface area contributed by atoms with Crippen LogP contribution in [0.25, 0.3) is 0 Å². The zero-order valence-corrected chi connectivity index (χ0v) is 7.33. The third kappa shape index (κ3) is 0.951. The number of nitrogens with two attached hydrogens (primary N) is 1. The zero-order valence-electron chi connectivity index (χ0n) is 7.33. The van der Waals surface area contributed by atoms with Crippen molar-refractivity contribution in [1.82, 2.24) is 15.3 Å². The van der Waals surface area contributed by atoms with Gasteiger partial charge >= 0.3 is 0 Å². The van der Waals surface area contributed by atoms with Gasteiger partial charge in [0.1, 0.15) is 0 Å². The fraction of sp³-hybridized carbons (Fsp3) is 0.556. The summed E-state index contributed by atoms with van der Waals surface area (Å²) in [5.41, 5.74) is 8.06. The van der Waals surface area contributed by atoms with Crippen molar-refractivity contribution in [3.63, 3.8) is 0 Å². The van der Waals surface area contributed by atoms with Gasteiger partial charge in [-0.3, -0.25) is 0 Å². The van der Waals surface area contributed by atoms with Crippen molar-refractivity contribution in [3.05, 3.63) is 17.5 Å². The van der Waals surface area contributed by atoms with Crippen molar-refractivity contribution in [2.45, 2.75) is 18.3 Å². The Bertz CT molecular complexity index is 349. The molecule has 1 aliphatic carbocycles. The van der Waals surface area contributed by atoms with Gasteiger partial charge < -0.3 is 11.1 Å². The summed E-state index contributed by atoms with van der Waals surface area (Å²) < 4.78 is 0. The lowest BCUT2D eigenvalue weighted by Gasteiger charge is -2.19. The molecular weight excluding hydrogens is 164 g/mol. The summed E-state index contributed by atoms with van der Waals surface area (Å²) in [6, 6.07) is 0. The molecule has 68 valence electrons. The van der Waals surface area contributed by atoms with E-state index < -0.39 is 0 Å². The summed E-state index contributed by atoms with van der Waals surface area (Å²) in [4.78, 5) is 8.37. The highest BCUT2D eigenvalue weighted by Crippen LogP contribution is 2.41. The van der Waals surface area contributed by atoms with Gasteiger partial charge in [0.05, 0.1) is 5.69 Å². The van der Waals surface area contributed by atoms with Crippen LogP contribution in [0.3, 0.4) is 0 Å². The molecule has 2 atom stereocenters. The minimum Gasteiger partial charge on any atom is -0.368 e. The molecule has 1 unspecified atom stereocenters. The highest BCUT2D eigenvalue weighted by atomic mass is 15.0. The van der Waals surface area contributed by atoms with Gasteiger partial charge in [0, 0.05) is 31.1 Å². The molecule has 2 aliphatic rings. The normalized spacial score (nSPS) is 30.2. The van der Waals surface area contributed by atoms with E-state index in [0.29, 0.717) is 17.8 Å². The number of hydrogen-bond donors (Lipinski definition) is 2. The monoisotopic (exact) mass is 176 g/mol. The third-order valence-corrected chi connectivity index (χ3v) is 3.04. The molecule has 13 heavy (non-hydrogen) atoms. The van der Waals surface area contributed by atoms with Crippen LogP contribution in [0.15, 0.2) is 6.20 Å². The number of nitrogen functional groups attached to an aromatic ring is 1. The van der Waals surface area contributed by atoms with E-state index in [1.165, 1.54) is 17.7 Å². The predicted octanol–water partition coefficient (Wildman–Crippen LogP) is 0.233. The second-order valence-electron chi connectivity index (χ2n) is 3.86. The Kier molecular flexibility index (Phi) is 1.35. The Morgan fingerprint density at radius 3 is 3.15 bits per heavy atom. The number of nitrogens with one attached hydrogen (secondary N) is 1. The van der Waals surface area contributed by atoms with E-state index >= 15 is 0 Å². The zero-order chi connectivity index (χ0) is 8.84. The van der Waals surface area contributed by atoms with Crippen LogP contribution >= 0.6 is 0 Å². The van der Waals surface area contributed by atoms with Gasteiger partial charge in [-0.15, -0.1) is 0 Å². The average Bonchev–Trinajstić information content (AvgIpc) is 2.39. The summed E-state index contributed by atoms with van der Waals surface area (Å²) in [5, 5.41) is 3.40. The number of aromatic nitrogens is 2. The molecule has 0 aromatic carbocycles. The first-order chi connectivity index (χ1) is 6.34. The SMILES string of the molecule is Nc1ncc2c(n1)[C@@H]1CNCC2C1. The molecule has 2 heterocycles. The summed E-state index contributed by atoms with van der Waals surface area (Å²) in [6.45, 7) is 2.11. The first-order valence-electron chi connectivity index (χ1n) is 4.67. The number of rotatable bonds is 0. The van der Waals surface area contributed by atoms with Crippen molar-refractivity contribution in [3.8, 4) is 0 Å². The summed E-state index contributed by atoms with van der Waals surface area (Å²) in [5.74, 6) is 1.60. The Morgan fingerprint density at radius 2 is 2.23 bits per heavy atom. The van der Waals surface area contributed by atoms with E-state index in [0.717, 1.165) is 13.1 Å². The Morgan fingerprint density at radius 1 is 1.38 bits per heavy atom. The van der Waals surface area contributed by atoms with Gasteiger partial charge in [-0.25, -0.2) is 9.97 Å². The number of nitrogens with zero attached hydrogens (tertiary/aromatic N) is 2. The third-order valence-electron chi connectivity index (χ3n) is 3.04. The van der Waals surface area contributed by atoms with Crippen LogP contribution in [-0.4, -0.2) is 23.1 Å². The molecule has 1 aliphatic heterocycles. The van der Waals surface area contributed by atoms with E-state index in [9.17, 15) is 0 Å². The molecule has 1 fully saturated rings. The quantitative estimate of drug-likeness (QED) is 0.594. The van der Waals surface area contributed by atoms with Crippen LogP contribution in [0, 0.1) is 0 Å². The van der Waals surface area contributed by atoms with Crippen LogP contribution in [0.2, 0.25) is 0 Å². The molecule has 1 aromatic heterocycles. The molecule has 4 heteroatoms. The number of fused-ring (bicyclic) bond motifs is 5. The maximum Gasteiger partial charge on any atom is 0.220 e. The minimum atomic E-state index is 0.409. The first kappa shape index (κ1) is 7.26. The smallest absolute Gasteiger partial charge is 0.220 e. The second kappa shape index (κ2) is 2.42. The fourth-order valence-electron chi connectivity index (χ4n) is 2.45. The lowest BCUT2D eigenvalue weighted by Crippen LogP contribution is -2.28. The van der Waals surface area contributed by atoms with E-state index in [1.807, 2.05) is 6.20 Å². The molecule has 1 aromatic rings. The number of anilines is 1. The average molecular weight is 176 g/mol. The maximum atomic E-state index is 5.57. The molecule has 0 spiro atoms. The van der Waals surface area contributed by atoms with Crippen molar-refractivity contribution in [2.75, 3.05) is 18.8 Å². The van der Waals surface area contributed by atoms with Crippen molar-refractivity contribution in [1.29, 1.82) is 0 Å². The summed E-state index contributed by atoms with van der Waals surface area (Å²) in [6.07, 6.45) is 3.12. The van der Waals surface area contributed by atoms with Crippen LogP contribution < -0.4 is 11.1 Å². The largest absolute Gasteiger partial charge is 0.368 e. The van der Waals surface area contributed by atoms with E-state index in [4.69, 9.17) is 5.73 Å². The van der Waals surface area contributed by atoms with Crippen molar-refractivity contribution >= 4 is 5.95 Å². The maximum absolute atomic E-state index is 5.57. The van der Waals surface area contributed by atoms with Gasteiger partial charge in [-0.05, 0) is 12.0 Å². The molecule has 4 nitrogen and oxygen atoms in total. The van der Waals surface area contributed by atoms with Crippen molar-refractivity contribution < 1.29 is 0 Å². The van der Waals surface area contributed by atoms with Crippen LogP contribution in [0.4, 0.5) is 5.95 Å². The van der Waals surface area contributed by atoms with Crippen LogP contribution in [0.1, 0.15) is 29.5 Å². The first-order valence-corrected chi connectivity index (χ1v) is 4.67. The molecule has 2 bridgehead atoms. The van der Waals surface area contributed by atoms with E-state index in [2.05, 4.69) is 15.3 Å². The summed E-state index contributed by atoms with van der Waals surface area (Å²) in [7, 11) is 0. The Balaban J connectivity index is 2.15.